The number of rotatable bonds is 8. The van der Waals surface area contributed by atoms with Crippen molar-refractivity contribution in [1.82, 2.24) is 15.0 Å². The minimum Gasteiger partial charge on any atom is -0.503 e. The number of hydrazone groups is 1. The van der Waals surface area contributed by atoms with Gasteiger partial charge in [0.25, 0.3) is 11.5 Å². The van der Waals surface area contributed by atoms with E-state index in [0.717, 1.165) is 27.8 Å². The molecule has 5 aromatic rings. The number of benzene rings is 3. The number of methoxy groups -OCH3 is 1. The molecule has 2 heterocycles. The van der Waals surface area contributed by atoms with Gasteiger partial charge in [-0.1, -0.05) is 60.3 Å². The number of para-hydroxylation sites is 1. The summed E-state index contributed by atoms with van der Waals surface area (Å²) < 4.78 is 7.13. The Balaban J connectivity index is 1.44. The van der Waals surface area contributed by atoms with Crippen LogP contribution in [0.1, 0.15) is 10.4 Å². The molecule has 0 bridgehead atoms. The van der Waals surface area contributed by atoms with Crippen LogP contribution < -0.4 is 15.7 Å². The van der Waals surface area contributed by atoms with Gasteiger partial charge in [0.2, 0.25) is 0 Å². The van der Waals surface area contributed by atoms with E-state index in [4.69, 9.17) is 9.72 Å². The van der Waals surface area contributed by atoms with Crippen molar-refractivity contribution < 1.29 is 14.6 Å². The van der Waals surface area contributed by atoms with Crippen molar-refractivity contribution in [2.45, 2.75) is 12.1 Å². The van der Waals surface area contributed by atoms with Gasteiger partial charge in [-0.05, 0) is 58.2 Å². The van der Waals surface area contributed by atoms with Gasteiger partial charge in [-0.15, -0.1) is 11.3 Å². The third-order valence-corrected chi connectivity index (χ3v) is 8.50. The summed E-state index contributed by atoms with van der Waals surface area (Å²) in [5.74, 6) is -0.129. The number of amides is 1. The first-order valence-electron chi connectivity index (χ1n) is 12.1. The molecule has 2 aromatic heterocycles. The molecule has 0 radical (unpaired) electrons. The number of phenols is 1. The van der Waals surface area contributed by atoms with Crippen LogP contribution in [0.2, 0.25) is 0 Å². The zero-order valence-electron chi connectivity index (χ0n) is 21.4. The van der Waals surface area contributed by atoms with Gasteiger partial charge in [-0.2, -0.15) is 5.10 Å². The van der Waals surface area contributed by atoms with Crippen molar-refractivity contribution in [2.75, 3.05) is 12.9 Å². The third-order valence-electron chi connectivity index (χ3n) is 5.95. The Bertz CT molecular complexity index is 1790. The van der Waals surface area contributed by atoms with E-state index in [1.807, 2.05) is 67.6 Å². The van der Waals surface area contributed by atoms with Crippen molar-refractivity contribution in [3.63, 3.8) is 0 Å². The molecule has 5 rings (SSSR count). The molecule has 11 heteroatoms. The Morgan fingerprint density at radius 1 is 1.18 bits per heavy atom. The topological polar surface area (TPSA) is 106 Å². The zero-order valence-corrected chi connectivity index (χ0v) is 24.6. The summed E-state index contributed by atoms with van der Waals surface area (Å²) in [6.45, 7) is 1.99. The molecule has 0 saturated carbocycles. The number of hydrogen-bond donors (Lipinski definition) is 2. The second kappa shape index (κ2) is 12.1. The normalized spacial score (nSPS) is 11.3. The van der Waals surface area contributed by atoms with Crippen LogP contribution in [0.25, 0.3) is 27.0 Å². The molecule has 0 saturated heterocycles. The number of aromatic hydroxyl groups is 1. The Morgan fingerprint density at radius 3 is 2.58 bits per heavy atom. The smallest absolute Gasteiger partial charge is 0.268 e. The van der Waals surface area contributed by atoms with Crippen molar-refractivity contribution in [3.8, 4) is 28.3 Å². The molecule has 0 spiro atoms. The first-order valence-corrected chi connectivity index (χ1v) is 14.6. The van der Waals surface area contributed by atoms with Gasteiger partial charge in [0, 0.05) is 10.4 Å². The highest BCUT2D eigenvalue weighted by molar-refractivity contribution is 9.10. The fraction of sp³-hybridized carbons (Fsp3) is 0.103. The third kappa shape index (κ3) is 5.67. The Morgan fingerprint density at radius 2 is 1.88 bits per heavy atom. The number of nitrogens with zero attached hydrogens (tertiary/aromatic N) is 3. The van der Waals surface area contributed by atoms with Gasteiger partial charge in [0.1, 0.15) is 4.83 Å². The van der Waals surface area contributed by atoms with E-state index in [9.17, 15) is 14.7 Å². The Kier molecular flexibility index (Phi) is 8.34. The fourth-order valence-electron chi connectivity index (χ4n) is 4.16. The lowest BCUT2D eigenvalue weighted by atomic mass is 10.0. The lowest BCUT2D eigenvalue weighted by Crippen LogP contribution is -2.24. The molecular formula is C29H23BrN4O4S2. The molecule has 0 aliphatic rings. The molecular weight excluding hydrogens is 612 g/mol. The lowest BCUT2D eigenvalue weighted by Gasteiger charge is -2.12. The van der Waals surface area contributed by atoms with Gasteiger partial charge in [-0.3, -0.25) is 14.2 Å². The molecule has 202 valence electrons. The van der Waals surface area contributed by atoms with Crippen molar-refractivity contribution in [1.29, 1.82) is 0 Å². The molecule has 40 heavy (non-hydrogen) atoms. The predicted octanol–water partition coefficient (Wildman–Crippen LogP) is 6.14. The lowest BCUT2D eigenvalue weighted by molar-refractivity contribution is -0.118. The van der Waals surface area contributed by atoms with Crippen LogP contribution in [0.4, 0.5) is 0 Å². The van der Waals surface area contributed by atoms with Crippen LogP contribution in [0.5, 0.6) is 11.5 Å². The number of ether oxygens (including phenoxy) is 1. The highest BCUT2D eigenvalue weighted by Crippen LogP contribution is 2.37. The molecule has 0 aliphatic carbocycles. The molecule has 0 atom stereocenters. The predicted molar refractivity (Wildman–Crippen MR) is 164 cm³/mol. The summed E-state index contributed by atoms with van der Waals surface area (Å²) in [5, 5.41) is 14.9. The van der Waals surface area contributed by atoms with Crippen LogP contribution in [-0.2, 0) is 4.79 Å². The largest absolute Gasteiger partial charge is 0.503 e. The first-order chi connectivity index (χ1) is 19.4. The highest BCUT2D eigenvalue weighted by atomic mass is 79.9. The Labute approximate surface area is 246 Å². The van der Waals surface area contributed by atoms with Crippen molar-refractivity contribution in [2.24, 2.45) is 5.10 Å². The molecule has 0 unspecified atom stereocenters. The molecule has 2 N–H and O–H groups in total. The minimum absolute atomic E-state index is 0.0133. The second-order valence-corrected chi connectivity index (χ2v) is 11.6. The number of thioether (sulfide) groups is 1. The number of carbonyl (C=O) groups excluding carboxylic acids is 1. The van der Waals surface area contributed by atoms with E-state index in [0.29, 0.717) is 31.1 Å². The molecule has 3 aromatic carbocycles. The summed E-state index contributed by atoms with van der Waals surface area (Å²) >= 11 is 5.88. The maximum absolute atomic E-state index is 14.0. The summed E-state index contributed by atoms with van der Waals surface area (Å²) in [6, 6.07) is 22.3. The average Bonchev–Trinajstić information content (AvgIpc) is 3.30. The molecule has 0 fully saturated rings. The number of hydrogen-bond acceptors (Lipinski definition) is 8. The summed E-state index contributed by atoms with van der Waals surface area (Å²) in [5.41, 5.74) is 5.42. The quantitative estimate of drug-likeness (QED) is 0.0919. The first kappa shape index (κ1) is 27.6. The number of phenolic OH excluding ortho intramolecular Hbond substituents is 1. The van der Waals surface area contributed by atoms with E-state index in [1.165, 1.54) is 24.7 Å². The number of carbonyl (C=O) groups is 1. The maximum atomic E-state index is 14.0. The van der Waals surface area contributed by atoms with Crippen LogP contribution in [0.3, 0.4) is 0 Å². The molecule has 8 nitrogen and oxygen atoms in total. The van der Waals surface area contributed by atoms with Gasteiger partial charge >= 0.3 is 0 Å². The van der Waals surface area contributed by atoms with Gasteiger partial charge in [0.15, 0.2) is 16.7 Å². The number of nitrogens with one attached hydrogen (secondary N) is 1. The number of aromatic nitrogens is 2. The van der Waals surface area contributed by atoms with E-state index in [1.54, 1.807) is 16.7 Å². The standard InChI is InChI=1S/C29H23BrN4O4S2/c1-17-24(19-9-5-3-6-10-19)25-27(40-17)32-29(34(28(25)37)20-11-7-4-8-12-20)39-16-23(35)33-31-15-18-13-21(30)26(36)22(14-18)38-2/h3-15,36H,16H2,1-2H3,(H,33,35)/b31-15+. The number of aryl methyl sites for hydroxylation is 1. The van der Waals surface area contributed by atoms with Crippen LogP contribution in [0.15, 0.2) is 92.3 Å². The SMILES string of the molecule is COc1cc(/C=N/NC(=O)CSc2nc3sc(C)c(-c4ccccc4)c3c(=O)n2-c2ccccc2)cc(Br)c1O. The monoisotopic (exact) mass is 634 g/mol. The number of thiophene rings is 1. The van der Waals surface area contributed by atoms with Crippen molar-refractivity contribution >= 4 is 61.4 Å². The summed E-state index contributed by atoms with van der Waals surface area (Å²) in [6.07, 6.45) is 1.44. The van der Waals surface area contributed by atoms with E-state index >= 15 is 0 Å². The Hall–Kier alpha value is -3.93. The summed E-state index contributed by atoms with van der Waals surface area (Å²) in [7, 11) is 1.45. The summed E-state index contributed by atoms with van der Waals surface area (Å²) in [4.78, 5) is 33.1. The zero-order chi connectivity index (χ0) is 28.2. The van der Waals surface area contributed by atoms with Crippen LogP contribution in [0, 0.1) is 6.92 Å². The van der Waals surface area contributed by atoms with E-state index < -0.39 is 0 Å². The average molecular weight is 636 g/mol. The number of halogens is 1. The van der Waals surface area contributed by atoms with Gasteiger partial charge in [0.05, 0.1) is 34.6 Å². The fourth-order valence-corrected chi connectivity index (χ4v) is 6.51. The molecule has 1 amide bonds. The minimum atomic E-state index is -0.368. The van der Waals surface area contributed by atoms with E-state index in [-0.39, 0.29) is 28.7 Å². The maximum Gasteiger partial charge on any atom is 0.268 e. The van der Waals surface area contributed by atoms with Gasteiger partial charge in [-0.25, -0.2) is 10.4 Å². The second-order valence-electron chi connectivity index (χ2n) is 8.59. The molecule has 0 aliphatic heterocycles. The van der Waals surface area contributed by atoms with Gasteiger partial charge < -0.3 is 9.84 Å². The highest BCUT2D eigenvalue weighted by Gasteiger charge is 2.21. The van der Waals surface area contributed by atoms with E-state index in [2.05, 4.69) is 26.5 Å². The van der Waals surface area contributed by atoms with Crippen molar-refractivity contribution in [3.05, 3.63) is 98.1 Å². The number of fused-ring (bicyclic) bond motifs is 1. The van der Waals surface area contributed by atoms with Crippen LogP contribution in [-0.4, -0.2) is 39.6 Å². The van der Waals surface area contributed by atoms with Crippen LogP contribution >= 0.6 is 39.0 Å².